The van der Waals surface area contributed by atoms with Gasteiger partial charge >= 0.3 is 0 Å². The van der Waals surface area contributed by atoms with Gasteiger partial charge in [-0.1, -0.05) is 291 Å². The lowest BCUT2D eigenvalue weighted by Gasteiger charge is -2.43. The third-order valence-electron chi connectivity index (χ3n) is 21.9. The first-order valence-corrected chi connectivity index (χ1v) is 35.2. The molecular formula is C98H60N4. The molecule has 18 aromatic rings. The number of hydrogen-bond donors (Lipinski definition) is 0. The lowest BCUT2D eigenvalue weighted by Crippen LogP contribution is -2.31. The van der Waals surface area contributed by atoms with Crippen LogP contribution in [0.3, 0.4) is 0 Å². The zero-order valence-electron chi connectivity index (χ0n) is 55.4. The molecule has 2 unspecified atom stereocenters. The van der Waals surface area contributed by atoms with Crippen LogP contribution in [-0.4, -0.2) is 19.9 Å². The van der Waals surface area contributed by atoms with Crippen LogP contribution in [0.1, 0.15) is 11.1 Å². The summed E-state index contributed by atoms with van der Waals surface area (Å²) >= 11 is 0. The third kappa shape index (κ3) is 9.23. The van der Waals surface area contributed by atoms with Gasteiger partial charge in [0.15, 0.2) is 0 Å². The minimum atomic E-state index is 0.217. The smallest absolute Gasteiger partial charge is 0.0978 e. The molecule has 4 aromatic heterocycles. The molecule has 0 saturated carbocycles. The Morgan fingerprint density at radius 1 is 0.245 bits per heavy atom. The molecule has 4 nitrogen and oxygen atoms in total. The summed E-state index contributed by atoms with van der Waals surface area (Å²) in [5.74, 6) is 0.446. The molecule has 4 aliphatic carbocycles. The first kappa shape index (κ1) is 57.8. The van der Waals surface area contributed by atoms with Crippen molar-refractivity contribution >= 4 is 130 Å². The number of rotatable bonds is 6. The monoisotopic (exact) mass is 1290 g/mol. The highest BCUT2D eigenvalue weighted by atomic mass is 14.8. The second-order valence-electron chi connectivity index (χ2n) is 27.4. The maximum Gasteiger partial charge on any atom is 0.0978 e. The molecule has 14 aromatic carbocycles. The number of nitrogens with zero attached hydrogens (tertiary/aromatic N) is 4. The molecule has 0 bridgehead atoms. The molecule has 4 aliphatic rings. The fourth-order valence-corrected chi connectivity index (χ4v) is 17.2. The highest BCUT2D eigenvalue weighted by molar-refractivity contribution is 6.19. The van der Waals surface area contributed by atoms with E-state index in [9.17, 15) is 0 Å². The molecule has 0 fully saturated rings. The normalized spacial score (nSPS) is 15.4. The van der Waals surface area contributed by atoms with Gasteiger partial charge in [0.05, 0.1) is 33.1 Å². The van der Waals surface area contributed by atoms with E-state index in [0.29, 0.717) is 0 Å². The second-order valence-corrected chi connectivity index (χ2v) is 27.4. The largest absolute Gasteiger partial charge is 0.254 e. The fraction of sp³-hybridized carbons (Fsp3) is 0.0204. The van der Waals surface area contributed by atoms with Crippen molar-refractivity contribution in [3.8, 4) is 44.5 Å². The van der Waals surface area contributed by atoms with Crippen LogP contribution in [0.2, 0.25) is 0 Å². The Labute approximate surface area is 588 Å². The zero-order chi connectivity index (χ0) is 66.9. The van der Waals surface area contributed by atoms with Gasteiger partial charge in [0, 0.05) is 67.7 Å². The summed E-state index contributed by atoms with van der Waals surface area (Å²) in [7, 11) is 0. The average molecular weight is 1290 g/mol. The molecule has 0 spiro atoms. The van der Waals surface area contributed by atoms with Crippen molar-refractivity contribution in [1.82, 2.24) is 19.9 Å². The van der Waals surface area contributed by atoms with Crippen LogP contribution < -0.4 is 0 Å². The van der Waals surface area contributed by atoms with Gasteiger partial charge in [-0.15, -0.1) is 0 Å². The molecule has 0 amide bonds. The summed E-state index contributed by atoms with van der Waals surface area (Å²) in [6.45, 7) is 0. The SMILES string of the molecule is C1=CC2=CC=C3C(c4c5ccccc5nc5c4ccc4cccnc45)=CC=C4C=C(c5cccc6c5ccc5ccc(-c7ccccc7)cc56)C(=C1)C2C43.c1ccc(-c2ccc3ccc4c(-c5ccc6cc(-c7c8ccccc8nc8c7ccc7cccnc78)ccc6c5)cccc4c3c2)cc1. The molecule has 472 valence electrons. The average Bonchev–Trinajstić information content (AvgIpc) is 0.715. The third-order valence-corrected chi connectivity index (χ3v) is 21.9. The lowest BCUT2D eigenvalue weighted by atomic mass is 9.60. The predicted octanol–water partition coefficient (Wildman–Crippen LogP) is 25.3. The quantitative estimate of drug-likeness (QED) is 0.123. The molecule has 4 heteroatoms. The van der Waals surface area contributed by atoms with Crippen molar-refractivity contribution < 1.29 is 0 Å². The standard InChI is InChI=1S/C52H32N2.C46H28N2/c1-2-9-31(10-3-1)35-19-18-32-20-24-39-37(45(32)29-35)14-7-15-38(39)46-30-36-23-26-42(41-25-21-33-11-6-16-40(46)48(33)49(36)41)50-43-13-4-5-17-47(43)54-52-44(50)27-22-34-12-8-28-53-51(34)52;1-2-8-29(9-3-1)34-16-15-30-21-23-39-37(12-6-13-38(39)42(30)28-34)35-19-17-33-27-36(20-18-32(33)26-35)44-40-11-4-5-14-43(40)48-46-41(44)24-22-31-10-7-25-47-45(31)46/h1-30,48-49H;1-28H. The first-order chi connectivity index (χ1) is 50.6. The predicted molar refractivity (Wildman–Crippen MR) is 429 cm³/mol. The van der Waals surface area contributed by atoms with E-state index in [-0.39, 0.29) is 11.8 Å². The van der Waals surface area contributed by atoms with Gasteiger partial charge in [0.2, 0.25) is 0 Å². The van der Waals surface area contributed by atoms with Crippen molar-refractivity contribution in [2.24, 2.45) is 11.8 Å². The molecule has 2 atom stereocenters. The van der Waals surface area contributed by atoms with Crippen molar-refractivity contribution in [2.75, 3.05) is 0 Å². The number of pyridine rings is 4. The Kier molecular flexibility index (Phi) is 13.1. The van der Waals surface area contributed by atoms with Gasteiger partial charge in [-0.3, -0.25) is 9.97 Å². The van der Waals surface area contributed by atoms with E-state index in [2.05, 4.69) is 328 Å². The number of para-hydroxylation sites is 2. The summed E-state index contributed by atoms with van der Waals surface area (Å²) in [5, 5.41) is 19.4. The molecule has 102 heavy (non-hydrogen) atoms. The van der Waals surface area contributed by atoms with Gasteiger partial charge in [-0.05, 0) is 180 Å². The van der Waals surface area contributed by atoms with Crippen LogP contribution in [-0.2, 0) is 0 Å². The van der Waals surface area contributed by atoms with Crippen molar-refractivity contribution in [1.29, 1.82) is 0 Å². The Hall–Kier alpha value is -13.3. The van der Waals surface area contributed by atoms with E-state index < -0.39 is 0 Å². The van der Waals surface area contributed by atoms with Crippen molar-refractivity contribution in [3.05, 3.63) is 386 Å². The molecule has 0 aliphatic heterocycles. The summed E-state index contributed by atoms with van der Waals surface area (Å²) < 4.78 is 0. The summed E-state index contributed by atoms with van der Waals surface area (Å²) in [5.41, 5.74) is 26.2. The van der Waals surface area contributed by atoms with E-state index in [0.717, 1.165) is 60.0 Å². The molecule has 22 rings (SSSR count). The minimum absolute atomic E-state index is 0.217. The van der Waals surface area contributed by atoms with Crippen molar-refractivity contribution in [2.45, 2.75) is 0 Å². The number of benzene rings is 14. The van der Waals surface area contributed by atoms with Crippen LogP contribution in [0.4, 0.5) is 0 Å². The number of aromatic nitrogens is 4. The Bertz CT molecular complexity index is 6920. The van der Waals surface area contributed by atoms with Gasteiger partial charge in [-0.2, -0.15) is 0 Å². The summed E-state index contributed by atoms with van der Waals surface area (Å²) in [4.78, 5) is 19.9. The highest BCUT2D eigenvalue weighted by Gasteiger charge is 2.42. The van der Waals surface area contributed by atoms with E-state index >= 15 is 0 Å². The Balaban J connectivity index is 0.000000134. The van der Waals surface area contributed by atoms with E-state index in [4.69, 9.17) is 19.9 Å². The molecule has 0 radical (unpaired) electrons. The summed E-state index contributed by atoms with van der Waals surface area (Å²) in [6, 6.07) is 105. The number of fused-ring (bicyclic) bond motifs is 15. The zero-order valence-corrected chi connectivity index (χ0v) is 55.4. The molecule has 0 N–H and O–H groups in total. The fourth-order valence-electron chi connectivity index (χ4n) is 17.2. The van der Waals surface area contributed by atoms with Crippen LogP contribution in [0.5, 0.6) is 0 Å². The van der Waals surface area contributed by atoms with Crippen LogP contribution in [0, 0.1) is 11.8 Å². The Morgan fingerprint density at radius 3 is 1.37 bits per heavy atom. The van der Waals surface area contributed by atoms with Gasteiger partial charge in [0.25, 0.3) is 0 Å². The molecule has 4 heterocycles. The second kappa shape index (κ2) is 23.2. The van der Waals surface area contributed by atoms with Gasteiger partial charge in [0.1, 0.15) is 0 Å². The Morgan fingerprint density at radius 2 is 0.725 bits per heavy atom. The van der Waals surface area contributed by atoms with Gasteiger partial charge < -0.3 is 0 Å². The van der Waals surface area contributed by atoms with E-state index in [1.54, 1.807) is 0 Å². The molecule has 0 saturated heterocycles. The van der Waals surface area contributed by atoms with E-state index in [1.165, 1.54) is 148 Å². The maximum absolute atomic E-state index is 5.21. The molecular weight excluding hydrogens is 1230 g/mol. The number of hydrogen-bond acceptors (Lipinski definition) is 4. The topological polar surface area (TPSA) is 51.6 Å². The highest BCUT2D eigenvalue weighted by Crippen LogP contribution is 2.57. The summed E-state index contributed by atoms with van der Waals surface area (Å²) in [6.07, 6.45) is 22.6. The van der Waals surface area contributed by atoms with Crippen LogP contribution >= 0.6 is 0 Å². The minimum Gasteiger partial charge on any atom is -0.254 e. The van der Waals surface area contributed by atoms with Crippen LogP contribution in [0.25, 0.3) is 175 Å². The first-order valence-electron chi connectivity index (χ1n) is 35.2. The van der Waals surface area contributed by atoms with Gasteiger partial charge in [-0.25, -0.2) is 9.97 Å². The van der Waals surface area contributed by atoms with Crippen molar-refractivity contribution in [3.63, 3.8) is 0 Å². The van der Waals surface area contributed by atoms with E-state index in [1.807, 2.05) is 24.5 Å². The lowest BCUT2D eigenvalue weighted by molar-refractivity contribution is 0.571. The number of allylic oxidation sites excluding steroid dienone is 14. The maximum atomic E-state index is 5.21. The van der Waals surface area contributed by atoms with Crippen LogP contribution in [0.15, 0.2) is 374 Å².